The predicted molar refractivity (Wildman–Crippen MR) is 60.5 cm³/mol. The van der Waals surface area contributed by atoms with Crippen molar-refractivity contribution in [1.82, 2.24) is 0 Å². The number of carbonyl (C=O) groups is 1. The van der Waals surface area contributed by atoms with Crippen molar-refractivity contribution in [3.8, 4) is 11.1 Å². The molecule has 0 amide bonds. The van der Waals surface area contributed by atoms with E-state index in [0.717, 1.165) is 16.8 Å². The number of rotatable bonds is 1. The number of hydrogen-bond acceptors (Lipinski definition) is 4. The van der Waals surface area contributed by atoms with Gasteiger partial charge in [0.15, 0.2) is 0 Å². The second kappa shape index (κ2) is 11.6. The van der Waals surface area contributed by atoms with Crippen LogP contribution in [-0.2, 0) is 20.4 Å². The molecule has 2 rings (SSSR count). The SMILES string of the molecule is Nc1ccccc1-c1[c-]cccc1.O=C([O-])[O-].[K+].[Pd+2]. The van der Waals surface area contributed by atoms with Crippen LogP contribution in [0.2, 0.25) is 0 Å². The summed E-state index contributed by atoms with van der Waals surface area (Å²) < 4.78 is 0. The average molecular weight is 374 g/mol. The summed E-state index contributed by atoms with van der Waals surface area (Å²) in [6, 6.07) is 18.8. The molecule has 0 spiro atoms. The van der Waals surface area contributed by atoms with Gasteiger partial charge in [-0.1, -0.05) is 23.8 Å². The van der Waals surface area contributed by atoms with Gasteiger partial charge in [0, 0.05) is 0 Å². The number of nitrogens with two attached hydrogens (primary N) is 1. The van der Waals surface area contributed by atoms with E-state index in [1.165, 1.54) is 0 Å². The molecular weight excluding hydrogens is 364 g/mol. The molecule has 0 aliphatic heterocycles. The summed E-state index contributed by atoms with van der Waals surface area (Å²) in [5, 5.41) is 16.7. The zero-order chi connectivity index (χ0) is 12.7. The molecule has 0 saturated heterocycles. The summed E-state index contributed by atoms with van der Waals surface area (Å²) in [7, 11) is 0. The Kier molecular flexibility index (Phi) is 12.9. The Hall–Kier alpha value is -0.191. The van der Waals surface area contributed by atoms with Crippen molar-refractivity contribution in [3.05, 3.63) is 54.6 Å². The number of anilines is 1. The summed E-state index contributed by atoms with van der Waals surface area (Å²) in [6.45, 7) is 0. The molecule has 6 heteroatoms. The van der Waals surface area contributed by atoms with Crippen LogP contribution in [0.15, 0.2) is 48.5 Å². The number of para-hydroxylation sites is 1. The van der Waals surface area contributed by atoms with Crippen LogP contribution in [0.5, 0.6) is 0 Å². The third kappa shape index (κ3) is 8.56. The Bertz CT molecular complexity index is 490. The standard InChI is InChI=1S/C12H10N.CH2O3.K.Pd/c13-12-9-5-4-8-11(12)10-6-2-1-3-7-10;2-1(3)4;;/h1-6,8-9H,13H2;(H2,2,3,4);;/q-1;;+1;+2/p-2. The van der Waals surface area contributed by atoms with Crippen LogP contribution in [0.4, 0.5) is 10.5 Å². The first kappa shape index (κ1) is 21.1. The Labute approximate surface area is 168 Å². The Balaban J connectivity index is 0. The molecular formula is C13H10KNO3Pd. The molecule has 0 saturated carbocycles. The van der Waals surface area contributed by atoms with Gasteiger partial charge in [0.2, 0.25) is 0 Å². The number of benzene rings is 2. The molecule has 0 atom stereocenters. The van der Waals surface area contributed by atoms with Gasteiger partial charge in [0.25, 0.3) is 0 Å². The summed E-state index contributed by atoms with van der Waals surface area (Å²) in [4.78, 5) is 8.33. The van der Waals surface area contributed by atoms with Gasteiger partial charge in [-0.3, -0.25) is 0 Å². The zero-order valence-corrected chi connectivity index (χ0v) is 14.9. The minimum atomic E-state index is -2.33. The molecule has 0 bridgehead atoms. The molecule has 2 aromatic carbocycles. The quantitative estimate of drug-likeness (QED) is 0.334. The molecule has 2 N–H and O–H groups in total. The van der Waals surface area contributed by atoms with E-state index in [2.05, 4.69) is 6.07 Å². The molecule has 2 aromatic rings. The van der Waals surface area contributed by atoms with Crippen molar-refractivity contribution in [1.29, 1.82) is 0 Å². The van der Waals surface area contributed by atoms with Crippen LogP contribution < -0.4 is 67.3 Å². The van der Waals surface area contributed by atoms with Crippen molar-refractivity contribution >= 4 is 11.8 Å². The molecule has 4 nitrogen and oxygen atoms in total. The maximum atomic E-state index is 8.33. The molecule has 0 aliphatic carbocycles. The van der Waals surface area contributed by atoms with Crippen molar-refractivity contribution < 1.29 is 86.8 Å². The molecule has 0 aromatic heterocycles. The fourth-order valence-electron chi connectivity index (χ4n) is 1.30. The van der Waals surface area contributed by atoms with Gasteiger partial charge in [-0.15, -0.1) is 35.9 Å². The van der Waals surface area contributed by atoms with Crippen LogP contribution in [-0.4, -0.2) is 6.16 Å². The zero-order valence-electron chi connectivity index (χ0n) is 10.2. The van der Waals surface area contributed by atoms with Gasteiger partial charge in [0.1, 0.15) is 0 Å². The Morgan fingerprint density at radius 1 is 1.05 bits per heavy atom. The van der Waals surface area contributed by atoms with E-state index in [0.29, 0.717) is 0 Å². The van der Waals surface area contributed by atoms with Crippen LogP contribution in [0.25, 0.3) is 11.1 Å². The van der Waals surface area contributed by atoms with Crippen molar-refractivity contribution in [2.45, 2.75) is 0 Å². The predicted octanol–water partition coefficient (Wildman–Crippen LogP) is -2.71. The Morgan fingerprint density at radius 2 is 1.58 bits per heavy atom. The first-order valence-corrected chi connectivity index (χ1v) is 4.81. The van der Waals surface area contributed by atoms with Crippen LogP contribution in [0.3, 0.4) is 0 Å². The third-order valence-corrected chi connectivity index (χ3v) is 1.96. The van der Waals surface area contributed by atoms with Crippen molar-refractivity contribution in [2.24, 2.45) is 0 Å². The van der Waals surface area contributed by atoms with Crippen molar-refractivity contribution in [3.63, 3.8) is 0 Å². The molecule has 0 radical (unpaired) electrons. The normalized spacial score (nSPS) is 8.00. The van der Waals surface area contributed by atoms with E-state index < -0.39 is 6.16 Å². The largest absolute Gasteiger partial charge is 2.00 e. The van der Waals surface area contributed by atoms with Crippen LogP contribution in [0, 0.1) is 6.07 Å². The molecule has 96 valence electrons. The summed E-state index contributed by atoms with van der Waals surface area (Å²) in [5.41, 5.74) is 8.72. The number of hydrogen-bond donors (Lipinski definition) is 1. The monoisotopic (exact) mass is 373 g/mol. The van der Waals surface area contributed by atoms with Gasteiger partial charge < -0.3 is 20.7 Å². The maximum Gasteiger partial charge on any atom is 2.00 e. The summed E-state index contributed by atoms with van der Waals surface area (Å²) in [5.74, 6) is 0. The fourth-order valence-corrected chi connectivity index (χ4v) is 1.30. The number of carboxylic acid groups (broad SMARTS) is 2. The van der Waals surface area contributed by atoms with Gasteiger partial charge in [-0.05, 0) is 17.9 Å². The first-order chi connectivity index (χ1) is 8.11. The van der Waals surface area contributed by atoms with E-state index in [9.17, 15) is 0 Å². The second-order valence-corrected chi connectivity index (χ2v) is 3.11. The summed E-state index contributed by atoms with van der Waals surface area (Å²) >= 11 is 0. The van der Waals surface area contributed by atoms with Gasteiger partial charge >= 0.3 is 71.8 Å². The molecule has 0 fully saturated rings. The van der Waals surface area contributed by atoms with E-state index in [1.54, 1.807) is 0 Å². The van der Waals surface area contributed by atoms with Crippen molar-refractivity contribution in [2.75, 3.05) is 5.73 Å². The van der Waals surface area contributed by atoms with Crippen LogP contribution in [0.1, 0.15) is 0 Å². The average Bonchev–Trinajstić information content (AvgIpc) is 2.30. The van der Waals surface area contributed by atoms with Gasteiger partial charge in [0.05, 0.1) is 0 Å². The minimum Gasteiger partial charge on any atom is -0.652 e. The third-order valence-electron chi connectivity index (χ3n) is 1.96. The minimum absolute atomic E-state index is 0. The molecule has 0 heterocycles. The van der Waals surface area contributed by atoms with E-state index >= 15 is 0 Å². The second-order valence-electron chi connectivity index (χ2n) is 3.11. The summed E-state index contributed by atoms with van der Waals surface area (Å²) in [6.07, 6.45) is -2.33. The van der Waals surface area contributed by atoms with E-state index in [-0.39, 0.29) is 71.8 Å². The van der Waals surface area contributed by atoms with E-state index in [1.807, 2.05) is 48.5 Å². The topological polar surface area (TPSA) is 89.2 Å². The molecule has 19 heavy (non-hydrogen) atoms. The number of carbonyl (C=O) groups excluding carboxylic acids is 1. The van der Waals surface area contributed by atoms with Gasteiger partial charge in [-0.25, -0.2) is 0 Å². The van der Waals surface area contributed by atoms with E-state index in [4.69, 9.17) is 20.7 Å². The maximum absolute atomic E-state index is 8.33. The first-order valence-electron chi connectivity index (χ1n) is 4.81. The number of nitrogen functional groups attached to an aromatic ring is 1. The van der Waals surface area contributed by atoms with Crippen LogP contribution >= 0.6 is 0 Å². The smallest absolute Gasteiger partial charge is 0.652 e. The fraction of sp³-hybridized carbons (Fsp3) is 0. The molecule has 0 unspecified atom stereocenters. The van der Waals surface area contributed by atoms with Gasteiger partial charge in [-0.2, -0.15) is 0 Å². The Morgan fingerprint density at radius 3 is 2.05 bits per heavy atom. The molecule has 0 aliphatic rings.